The molecule has 8 heteroatoms. The van der Waals surface area contributed by atoms with Crippen molar-refractivity contribution in [3.8, 4) is 0 Å². The van der Waals surface area contributed by atoms with E-state index in [-0.39, 0.29) is 10.6 Å². The number of amides is 2. The van der Waals surface area contributed by atoms with Crippen LogP contribution in [0.25, 0.3) is 0 Å². The molecule has 26 heavy (non-hydrogen) atoms. The summed E-state index contributed by atoms with van der Waals surface area (Å²) >= 11 is 11.7. The monoisotopic (exact) mass is 394 g/mol. The molecule has 0 saturated carbocycles. The summed E-state index contributed by atoms with van der Waals surface area (Å²) in [5, 5.41) is 5.56. The molecule has 0 aromatic heterocycles. The fraction of sp³-hybridized carbons (Fsp3) is 0.167. The molecule has 0 unspecified atom stereocenters. The number of nitrogens with one attached hydrogen (secondary N) is 2. The second-order valence-corrected chi connectivity index (χ2v) is 6.14. The van der Waals surface area contributed by atoms with Crippen LogP contribution in [-0.4, -0.2) is 30.4 Å². The van der Waals surface area contributed by atoms with Gasteiger partial charge in [-0.1, -0.05) is 41.4 Å². The predicted molar refractivity (Wildman–Crippen MR) is 99.4 cm³/mol. The average Bonchev–Trinajstić information content (AvgIpc) is 2.60. The number of hydrogen-bond donors (Lipinski definition) is 2. The van der Waals surface area contributed by atoms with Gasteiger partial charge in [0.05, 0.1) is 10.6 Å². The molecule has 2 amide bonds. The van der Waals surface area contributed by atoms with Gasteiger partial charge in [-0.05, 0) is 37.3 Å². The third-order valence-electron chi connectivity index (χ3n) is 3.29. The summed E-state index contributed by atoms with van der Waals surface area (Å²) in [6.45, 7) is 1.04. The summed E-state index contributed by atoms with van der Waals surface area (Å²) in [5.41, 5.74) is 0.768. The minimum absolute atomic E-state index is 0.166. The van der Waals surface area contributed by atoms with Crippen LogP contribution in [0, 0.1) is 0 Å². The van der Waals surface area contributed by atoms with Gasteiger partial charge in [0.15, 0.2) is 6.10 Å². The van der Waals surface area contributed by atoms with Crippen LogP contribution in [-0.2, 0) is 14.3 Å². The van der Waals surface area contributed by atoms with Crippen LogP contribution >= 0.6 is 23.2 Å². The Morgan fingerprint density at radius 1 is 1.08 bits per heavy atom. The Labute approximate surface area is 160 Å². The zero-order valence-electron chi connectivity index (χ0n) is 13.8. The van der Waals surface area contributed by atoms with Gasteiger partial charge in [0, 0.05) is 10.7 Å². The molecule has 136 valence electrons. The number of anilines is 1. The Hall–Kier alpha value is -2.57. The molecule has 0 spiro atoms. The molecule has 1 atom stereocenters. The molecular formula is C18H16Cl2N2O4. The average molecular weight is 395 g/mol. The van der Waals surface area contributed by atoms with E-state index >= 15 is 0 Å². The highest BCUT2D eigenvalue weighted by Gasteiger charge is 2.19. The SMILES string of the molecule is C[C@H](OC(=O)CNC(=O)c1ccc(Cl)cc1Cl)C(=O)Nc1ccccc1. The normalized spacial score (nSPS) is 11.3. The molecular weight excluding hydrogens is 379 g/mol. The zero-order chi connectivity index (χ0) is 19.1. The topological polar surface area (TPSA) is 84.5 Å². The lowest BCUT2D eigenvalue weighted by atomic mass is 10.2. The van der Waals surface area contributed by atoms with E-state index in [0.29, 0.717) is 10.7 Å². The quantitative estimate of drug-likeness (QED) is 0.736. The van der Waals surface area contributed by atoms with Gasteiger partial charge in [-0.3, -0.25) is 14.4 Å². The van der Waals surface area contributed by atoms with E-state index in [1.54, 1.807) is 24.3 Å². The van der Waals surface area contributed by atoms with Crippen molar-refractivity contribution in [3.63, 3.8) is 0 Å². The minimum atomic E-state index is -1.02. The lowest BCUT2D eigenvalue weighted by molar-refractivity contribution is -0.152. The second-order valence-electron chi connectivity index (χ2n) is 5.29. The van der Waals surface area contributed by atoms with Crippen molar-refractivity contribution in [3.05, 3.63) is 64.1 Å². The predicted octanol–water partition coefficient (Wildman–Crippen LogP) is 3.29. The minimum Gasteiger partial charge on any atom is -0.451 e. The summed E-state index contributed by atoms with van der Waals surface area (Å²) < 4.78 is 5.00. The van der Waals surface area contributed by atoms with Crippen molar-refractivity contribution in [2.24, 2.45) is 0 Å². The van der Waals surface area contributed by atoms with Gasteiger partial charge in [-0.15, -0.1) is 0 Å². The van der Waals surface area contributed by atoms with Crippen LogP contribution in [0.1, 0.15) is 17.3 Å². The van der Waals surface area contributed by atoms with Gasteiger partial charge < -0.3 is 15.4 Å². The lowest BCUT2D eigenvalue weighted by Crippen LogP contribution is -2.35. The standard InChI is InChI=1S/C18H16Cl2N2O4/c1-11(17(24)22-13-5-3-2-4-6-13)26-16(23)10-21-18(25)14-8-7-12(19)9-15(14)20/h2-9,11H,10H2,1H3,(H,21,25)(H,22,24)/t11-/m0/s1. The smallest absolute Gasteiger partial charge is 0.326 e. The Kier molecular flexibility index (Phi) is 7.00. The molecule has 0 radical (unpaired) electrons. The Morgan fingerprint density at radius 3 is 2.42 bits per heavy atom. The molecule has 0 aliphatic carbocycles. The third-order valence-corrected chi connectivity index (χ3v) is 3.84. The van der Waals surface area contributed by atoms with Crippen LogP contribution in [0.2, 0.25) is 10.0 Å². The highest BCUT2D eigenvalue weighted by atomic mass is 35.5. The first-order valence-electron chi connectivity index (χ1n) is 7.65. The van der Waals surface area contributed by atoms with Crippen LogP contribution in [0.15, 0.2) is 48.5 Å². The number of para-hydroxylation sites is 1. The molecule has 0 fully saturated rings. The number of benzene rings is 2. The van der Waals surface area contributed by atoms with Gasteiger partial charge in [-0.25, -0.2) is 0 Å². The van der Waals surface area contributed by atoms with E-state index in [9.17, 15) is 14.4 Å². The summed E-state index contributed by atoms with van der Waals surface area (Å²) in [7, 11) is 0. The number of carbonyl (C=O) groups is 3. The molecule has 6 nitrogen and oxygen atoms in total. The highest BCUT2D eigenvalue weighted by Crippen LogP contribution is 2.20. The van der Waals surface area contributed by atoms with Crippen molar-refractivity contribution < 1.29 is 19.1 Å². The fourth-order valence-corrected chi connectivity index (χ4v) is 2.47. The lowest BCUT2D eigenvalue weighted by Gasteiger charge is -2.14. The maximum absolute atomic E-state index is 12.0. The number of rotatable bonds is 6. The maximum atomic E-state index is 12.0. The van der Waals surface area contributed by atoms with E-state index in [4.69, 9.17) is 27.9 Å². The molecule has 2 rings (SSSR count). The number of hydrogen-bond acceptors (Lipinski definition) is 4. The van der Waals surface area contributed by atoms with Gasteiger partial charge in [0.25, 0.3) is 11.8 Å². The molecule has 0 bridgehead atoms. The Balaban J connectivity index is 1.82. The first-order valence-corrected chi connectivity index (χ1v) is 8.41. The Morgan fingerprint density at radius 2 is 1.77 bits per heavy atom. The zero-order valence-corrected chi connectivity index (χ0v) is 15.3. The first kappa shape index (κ1) is 19.8. The van der Waals surface area contributed by atoms with Crippen LogP contribution < -0.4 is 10.6 Å². The maximum Gasteiger partial charge on any atom is 0.326 e. The van der Waals surface area contributed by atoms with E-state index < -0.39 is 30.4 Å². The van der Waals surface area contributed by atoms with Crippen molar-refractivity contribution in [1.82, 2.24) is 5.32 Å². The Bertz CT molecular complexity index is 812. The number of carbonyl (C=O) groups excluding carboxylic acids is 3. The van der Waals surface area contributed by atoms with Crippen molar-refractivity contribution in [1.29, 1.82) is 0 Å². The van der Waals surface area contributed by atoms with Gasteiger partial charge in [-0.2, -0.15) is 0 Å². The molecule has 2 N–H and O–H groups in total. The van der Waals surface area contributed by atoms with Crippen LogP contribution in [0.4, 0.5) is 5.69 Å². The molecule has 0 saturated heterocycles. The van der Waals surface area contributed by atoms with E-state index in [1.807, 2.05) is 6.07 Å². The second kappa shape index (κ2) is 9.22. The van der Waals surface area contributed by atoms with Crippen LogP contribution in [0.3, 0.4) is 0 Å². The fourth-order valence-electron chi connectivity index (χ4n) is 1.98. The van der Waals surface area contributed by atoms with Crippen molar-refractivity contribution in [2.75, 3.05) is 11.9 Å². The largest absolute Gasteiger partial charge is 0.451 e. The number of esters is 1. The molecule has 2 aromatic rings. The van der Waals surface area contributed by atoms with Gasteiger partial charge >= 0.3 is 5.97 Å². The molecule has 0 aliphatic rings. The van der Waals surface area contributed by atoms with Gasteiger partial charge in [0.2, 0.25) is 0 Å². The van der Waals surface area contributed by atoms with E-state index in [1.165, 1.54) is 25.1 Å². The number of ether oxygens (including phenoxy) is 1. The molecule has 0 heterocycles. The summed E-state index contributed by atoms with van der Waals surface area (Å²) in [5.74, 6) is -1.78. The van der Waals surface area contributed by atoms with E-state index in [0.717, 1.165) is 0 Å². The van der Waals surface area contributed by atoms with Crippen molar-refractivity contribution >= 4 is 46.7 Å². The first-order chi connectivity index (χ1) is 12.4. The number of halogens is 2. The highest BCUT2D eigenvalue weighted by molar-refractivity contribution is 6.36. The van der Waals surface area contributed by atoms with E-state index in [2.05, 4.69) is 10.6 Å². The van der Waals surface area contributed by atoms with Gasteiger partial charge in [0.1, 0.15) is 6.54 Å². The molecule has 2 aromatic carbocycles. The summed E-state index contributed by atoms with van der Waals surface area (Å²) in [6.07, 6.45) is -1.02. The van der Waals surface area contributed by atoms with Crippen molar-refractivity contribution in [2.45, 2.75) is 13.0 Å². The summed E-state index contributed by atoms with van der Waals surface area (Å²) in [4.78, 5) is 35.8. The third kappa shape index (κ3) is 5.75. The summed E-state index contributed by atoms with van der Waals surface area (Å²) in [6, 6.07) is 13.2. The molecule has 0 aliphatic heterocycles. The van der Waals surface area contributed by atoms with Crippen LogP contribution in [0.5, 0.6) is 0 Å².